The van der Waals surface area contributed by atoms with Crippen molar-refractivity contribution < 1.29 is 9.59 Å². The Morgan fingerprint density at radius 1 is 1.27 bits per heavy atom. The summed E-state index contributed by atoms with van der Waals surface area (Å²) < 4.78 is 0. The molecule has 3 amide bonds. The molecule has 2 rings (SSSR count). The van der Waals surface area contributed by atoms with Crippen molar-refractivity contribution in [1.82, 2.24) is 10.2 Å². The van der Waals surface area contributed by atoms with E-state index < -0.39 is 5.91 Å². The fourth-order valence-electron chi connectivity index (χ4n) is 2.95. The van der Waals surface area contributed by atoms with Gasteiger partial charge in [0.25, 0.3) is 0 Å². The van der Waals surface area contributed by atoms with Gasteiger partial charge in [-0.2, -0.15) is 0 Å². The number of nitrogens with two attached hydrogens (primary N) is 1. The molecule has 1 aliphatic rings. The molecule has 0 bridgehead atoms. The normalized spacial score (nSPS) is 15.3. The maximum atomic E-state index is 12.1. The molecule has 0 aromatic heterocycles. The van der Waals surface area contributed by atoms with Crippen LogP contribution in [0.1, 0.15) is 48.0 Å². The summed E-state index contributed by atoms with van der Waals surface area (Å²) in [6.07, 6.45) is 6.59. The summed E-state index contributed by atoms with van der Waals surface area (Å²) in [5.74, 6) is -0.428. The molecule has 5 nitrogen and oxygen atoms in total. The Balaban J connectivity index is 1.79. The molecule has 0 heterocycles. The summed E-state index contributed by atoms with van der Waals surface area (Å²) in [5, 5.41) is 2.95. The molecule has 1 aliphatic carbocycles. The van der Waals surface area contributed by atoms with Crippen LogP contribution in [0, 0.1) is 0 Å². The molecule has 3 N–H and O–H groups in total. The fourth-order valence-corrected chi connectivity index (χ4v) is 2.95. The number of nitrogens with one attached hydrogen (secondary N) is 1. The molecule has 0 radical (unpaired) electrons. The highest BCUT2D eigenvalue weighted by atomic mass is 16.2. The molecule has 5 heteroatoms. The molecule has 1 aromatic carbocycles. The first kappa shape index (κ1) is 16.3. The third kappa shape index (κ3) is 4.48. The molecule has 1 fully saturated rings. The van der Waals surface area contributed by atoms with E-state index in [9.17, 15) is 9.59 Å². The average Bonchev–Trinajstić information content (AvgIpc) is 2.55. The van der Waals surface area contributed by atoms with Gasteiger partial charge in [-0.15, -0.1) is 0 Å². The second kappa shape index (κ2) is 7.82. The molecular formula is C17H25N3O2. The minimum Gasteiger partial charge on any atom is -0.366 e. The molecule has 1 saturated carbocycles. The highest BCUT2D eigenvalue weighted by Crippen LogP contribution is 2.21. The van der Waals surface area contributed by atoms with E-state index in [2.05, 4.69) is 5.32 Å². The molecule has 1 aromatic rings. The largest absolute Gasteiger partial charge is 0.366 e. The molecule has 0 saturated heterocycles. The maximum Gasteiger partial charge on any atom is 0.317 e. The van der Waals surface area contributed by atoms with Crippen LogP contribution in [0.4, 0.5) is 4.79 Å². The zero-order valence-electron chi connectivity index (χ0n) is 13.2. The van der Waals surface area contributed by atoms with Crippen LogP contribution in [0.15, 0.2) is 24.3 Å². The monoisotopic (exact) mass is 303 g/mol. The third-order valence-corrected chi connectivity index (χ3v) is 4.34. The zero-order chi connectivity index (χ0) is 15.9. The summed E-state index contributed by atoms with van der Waals surface area (Å²) in [6, 6.07) is 7.57. The van der Waals surface area contributed by atoms with Gasteiger partial charge in [0.05, 0.1) is 0 Å². The summed E-state index contributed by atoms with van der Waals surface area (Å²) in [5.41, 5.74) is 6.77. The molecular weight excluding hydrogens is 278 g/mol. The van der Waals surface area contributed by atoms with E-state index in [-0.39, 0.29) is 6.03 Å². The standard InChI is InChI=1S/C17H25N3O2/c1-20(15-8-3-2-4-9-15)17(22)19-11-10-13-6-5-7-14(12-13)16(18)21/h5-7,12,15H,2-4,8-11H2,1H3,(H2,18,21)(H,19,22). The molecule has 0 atom stereocenters. The Morgan fingerprint density at radius 2 is 2.00 bits per heavy atom. The number of rotatable bonds is 5. The van der Waals surface area contributed by atoms with Crippen LogP contribution >= 0.6 is 0 Å². The lowest BCUT2D eigenvalue weighted by Gasteiger charge is -2.31. The number of primary amides is 1. The lowest BCUT2D eigenvalue weighted by atomic mass is 9.95. The van der Waals surface area contributed by atoms with E-state index in [1.54, 1.807) is 12.1 Å². The van der Waals surface area contributed by atoms with Crippen molar-refractivity contribution in [3.8, 4) is 0 Å². The minimum atomic E-state index is -0.428. The number of carbonyl (C=O) groups excluding carboxylic acids is 2. The van der Waals surface area contributed by atoms with E-state index in [1.807, 2.05) is 24.1 Å². The highest BCUT2D eigenvalue weighted by molar-refractivity contribution is 5.92. The predicted molar refractivity (Wildman–Crippen MR) is 86.7 cm³/mol. The van der Waals surface area contributed by atoms with Gasteiger partial charge < -0.3 is 16.0 Å². The van der Waals surface area contributed by atoms with E-state index in [4.69, 9.17) is 5.73 Å². The third-order valence-electron chi connectivity index (χ3n) is 4.34. The lowest BCUT2D eigenvalue weighted by Crippen LogP contribution is -2.44. The summed E-state index contributed by atoms with van der Waals surface area (Å²) in [7, 11) is 1.87. The van der Waals surface area contributed by atoms with Gasteiger partial charge in [0.2, 0.25) is 5.91 Å². The van der Waals surface area contributed by atoms with Crippen molar-refractivity contribution in [2.45, 2.75) is 44.6 Å². The zero-order valence-corrected chi connectivity index (χ0v) is 13.2. The van der Waals surface area contributed by atoms with Crippen LogP contribution in [0.25, 0.3) is 0 Å². The number of carbonyl (C=O) groups is 2. The van der Waals surface area contributed by atoms with E-state index in [1.165, 1.54) is 19.3 Å². The lowest BCUT2D eigenvalue weighted by molar-refractivity contribution is 0.1000. The van der Waals surface area contributed by atoms with Gasteiger partial charge in [-0.1, -0.05) is 31.4 Å². The van der Waals surface area contributed by atoms with Crippen LogP contribution in [0.5, 0.6) is 0 Å². The Kier molecular flexibility index (Phi) is 5.81. The maximum absolute atomic E-state index is 12.1. The van der Waals surface area contributed by atoms with Crippen molar-refractivity contribution in [2.75, 3.05) is 13.6 Å². The predicted octanol–water partition coefficient (Wildman–Crippen LogP) is 2.30. The van der Waals surface area contributed by atoms with Gasteiger partial charge >= 0.3 is 6.03 Å². The second-order valence-corrected chi connectivity index (χ2v) is 5.95. The number of hydrogen-bond donors (Lipinski definition) is 2. The number of benzene rings is 1. The first-order chi connectivity index (χ1) is 10.6. The van der Waals surface area contributed by atoms with E-state index >= 15 is 0 Å². The summed E-state index contributed by atoms with van der Waals surface area (Å²) in [6.45, 7) is 0.554. The Bertz CT molecular complexity index is 524. The quantitative estimate of drug-likeness (QED) is 0.875. The molecule has 0 unspecified atom stereocenters. The summed E-state index contributed by atoms with van der Waals surface area (Å²) in [4.78, 5) is 25.1. The van der Waals surface area contributed by atoms with Crippen molar-refractivity contribution in [3.63, 3.8) is 0 Å². The van der Waals surface area contributed by atoms with Crippen molar-refractivity contribution >= 4 is 11.9 Å². The fraction of sp³-hybridized carbons (Fsp3) is 0.529. The van der Waals surface area contributed by atoms with Crippen LogP contribution in [-0.2, 0) is 6.42 Å². The van der Waals surface area contributed by atoms with Crippen LogP contribution in [0.3, 0.4) is 0 Å². The Labute approximate surface area is 131 Å². The minimum absolute atomic E-state index is 0.0158. The van der Waals surface area contributed by atoms with Gasteiger partial charge in [0.15, 0.2) is 0 Å². The Morgan fingerprint density at radius 3 is 2.68 bits per heavy atom. The SMILES string of the molecule is CN(C(=O)NCCc1cccc(C(N)=O)c1)C1CCCCC1. The molecule has 0 spiro atoms. The van der Waals surface area contributed by atoms with E-state index in [0.29, 0.717) is 24.6 Å². The van der Waals surface area contributed by atoms with Crippen LogP contribution in [-0.4, -0.2) is 36.5 Å². The topological polar surface area (TPSA) is 75.4 Å². The van der Waals surface area contributed by atoms with Crippen LogP contribution in [0.2, 0.25) is 0 Å². The van der Waals surface area contributed by atoms with Gasteiger partial charge in [0.1, 0.15) is 0 Å². The number of amides is 3. The summed E-state index contributed by atoms with van der Waals surface area (Å²) >= 11 is 0. The number of urea groups is 1. The number of nitrogens with zero attached hydrogens (tertiary/aromatic N) is 1. The molecule has 120 valence electrons. The first-order valence-electron chi connectivity index (χ1n) is 7.97. The van der Waals surface area contributed by atoms with Gasteiger partial charge in [0, 0.05) is 25.2 Å². The molecule has 0 aliphatic heterocycles. The van der Waals surface area contributed by atoms with E-state index in [0.717, 1.165) is 18.4 Å². The van der Waals surface area contributed by atoms with Crippen LogP contribution < -0.4 is 11.1 Å². The smallest absolute Gasteiger partial charge is 0.317 e. The van der Waals surface area contributed by atoms with Gasteiger partial charge in [-0.05, 0) is 37.0 Å². The second-order valence-electron chi connectivity index (χ2n) is 5.95. The van der Waals surface area contributed by atoms with Crippen molar-refractivity contribution in [3.05, 3.63) is 35.4 Å². The highest BCUT2D eigenvalue weighted by Gasteiger charge is 2.21. The van der Waals surface area contributed by atoms with Gasteiger partial charge in [-0.25, -0.2) is 4.79 Å². The average molecular weight is 303 g/mol. The van der Waals surface area contributed by atoms with Crippen molar-refractivity contribution in [1.29, 1.82) is 0 Å². The first-order valence-corrected chi connectivity index (χ1v) is 7.97. The Hall–Kier alpha value is -2.04. The number of hydrogen-bond acceptors (Lipinski definition) is 2. The molecule has 22 heavy (non-hydrogen) atoms. The van der Waals surface area contributed by atoms with Crippen molar-refractivity contribution in [2.24, 2.45) is 5.73 Å². The van der Waals surface area contributed by atoms with Gasteiger partial charge in [-0.3, -0.25) is 4.79 Å².